The van der Waals surface area contributed by atoms with Crippen LogP contribution in [0.3, 0.4) is 0 Å². The molecule has 0 saturated carbocycles. The lowest BCUT2D eigenvalue weighted by Gasteiger charge is -2.41. The second-order valence-corrected chi connectivity index (χ2v) is 9.27. The third-order valence-electron chi connectivity index (χ3n) is 6.56. The van der Waals surface area contributed by atoms with Crippen LogP contribution in [0.5, 0.6) is 11.5 Å². The van der Waals surface area contributed by atoms with Crippen LogP contribution < -0.4 is 9.47 Å². The molecule has 5 rings (SSSR count). The highest BCUT2D eigenvalue weighted by molar-refractivity contribution is 9.11. The van der Waals surface area contributed by atoms with Gasteiger partial charge in [-0.25, -0.2) is 0 Å². The summed E-state index contributed by atoms with van der Waals surface area (Å²) < 4.78 is 13.1. The molecule has 0 aliphatic carbocycles. The molecule has 2 aromatic carbocycles. The van der Waals surface area contributed by atoms with Crippen molar-refractivity contribution in [3.8, 4) is 11.5 Å². The first kappa shape index (κ1) is 19.1. The summed E-state index contributed by atoms with van der Waals surface area (Å²) in [5.41, 5.74) is 4.85. The van der Waals surface area contributed by atoms with Crippen LogP contribution in [0, 0.1) is 0 Å². The zero-order valence-electron chi connectivity index (χ0n) is 16.4. The highest BCUT2D eigenvalue weighted by atomic mass is 79.9. The quantitative estimate of drug-likeness (QED) is 0.554. The molecule has 3 heterocycles. The number of nitrogens with zero attached hydrogens (tertiary/aromatic N) is 2. The van der Waals surface area contributed by atoms with Crippen LogP contribution in [0.4, 0.5) is 5.69 Å². The van der Waals surface area contributed by atoms with E-state index in [2.05, 4.69) is 44.8 Å². The first-order chi connectivity index (χ1) is 14.0. The van der Waals surface area contributed by atoms with Crippen LogP contribution >= 0.6 is 31.9 Å². The molecule has 1 spiro atoms. The van der Waals surface area contributed by atoms with Crippen molar-refractivity contribution < 1.29 is 14.3 Å². The minimum atomic E-state index is -0.468. The van der Waals surface area contributed by atoms with Crippen molar-refractivity contribution in [2.45, 2.75) is 31.2 Å². The van der Waals surface area contributed by atoms with Crippen molar-refractivity contribution in [3.63, 3.8) is 0 Å². The maximum atomic E-state index is 13.2. The molecule has 150 valence electrons. The Morgan fingerprint density at radius 3 is 2.55 bits per heavy atom. The van der Waals surface area contributed by atoms with Crippen molar-refractivity contribution in [3.05, 3.63) is 49.9 Å². The van der Waals surface area contributed by atoms with Crippen LogP contribution in [0.25, 0.3) is 0 Å². The van der Waals surface area contributed by atoms with Gasteiger partial charge in [-0.1, -0.05) is 18.2 Å². The number of aliphatic imine (C=N–C) groups is 1. The molecule has 1 amide bonds. The Morgan fingerprint density at radius 1 is 1.14 bits per heavy atom. The van der Waals surface area contributed by atoms with E-state index in [1.807, 2.05) is 23.1 Å². The van der Waals surface area contributed by atoms with Crippen molar-refractivity contribution in [1.82, 2.24) is 4.90 Å². The topological polar surface area (TPSA) is 51.1 Å². The highest BCUT2D eigenvalue weighted by Gasteiger charge is 2.60. The summed E-state index contributed by atoms with van der Waals surface area (Å²) in [6, 6.07) is 8.04. The largest absolute Gasteiger partial charge is 0.492 e. The number of ether oxygens (including phenoxy) is 2. The third kappa shape index (κ3) is 2.31. The number of halogens is 2. The first-order valence-corrected chi connectivity index (χ1v) is 11.1. The van der Waals surface area contributed by atoms with Gasteiger partial charge in [-0.15, -0.1) is 0 Å². The normalized spacial score (nSPS) is 24.3. The molecule has 0 radical (unpaired) electrons. The summed E-state index contributed by atoms with van der Waals surface area (Å²) in [6.07, 6.45) is 1.19. The van der Waals surface area contributed by atoms with Crippen LogP contribution in [-0.2, 0) is 16.6 Å². The van der Waals surface area contributed by atoms with E-state index in [0.29, 0.717) is 24.5 Å². The molecule has 0 N–H and O–H groups in total. The average molecular weight is 520 g/mol. The second kappa shape index (κ2) is 6.57. The van der Waals surface area contributed by atoms with Crippen LogP contribution in [0.2, 0.25) is 0 Å². The molecule has 0 bridgehead atoms. The fourth-order valence-electron chi connectivity index (χ4n) is 5.33. The van der Waals surface area contributed by atoms with E-state index < -0.39 is 5.41 Å². The highest BCUT2D eigenvalue weighted by Crippen LogP contribution is 2.61. The van der Waals surface area contributed by atoms with Crippen molar-refractivity contribution >= 4 is 49.2 Å². The van der Waals surface area contributed by atoms with E-state index >= 15 is 0 Å². The zero-order chi connectivity index (χ0) is 20.5. The number of carbonyl (C=O) groups excluding carboxylic acids is 1. The SMILES string of the molecule is COc1c(Br)c2c(c(Br)c1OC)[C@H]1N(CC2)C(=O)C[C@]12C(C)=Nc1ccccc12. The van der Waals surface area contributed by atoms with Crippen LogP contribution in [-0.4, -0.2) is 37.3 Å². The summed E-state index contributed by atoms with van der Waals surface area (Å²) in [4.78, 5) is 20.1. The maximum absolute atomic E-state index is 13.2. The number of fused-ring (bicyclic) bond motifs is 6. The number of methoxy groups -OCH3 is 2. The molecule has 0 aromatic heterocycles. The van der Waals surface area contributed by atoms with Gasteiger partial charge in [-0.05, 0) is 68.0 Å². The summed E-state index contributed by atoms with van der Waals surface area (Å²) in [5, 5.41) is 0. The molecule has 1 saturated heterocycles. The number of hydrogen-bond donors (Lipinski definition) is 0. The number of rotatable bonds is 2. The van der Waals surface area contributed by atoms with Gasteiger partial charge >= 0.3 is 0 Å². The minimum Gasteiger partial charge on any atom is -0.492 e. The number of para-hydroxylation sites is 1. The van der Waals surface area contributed by atoms with Gasteiger partial charge in [-0.3, -0.25) is 9.79 Å². The molecule has 3 aliphatic rings. The van der Waals surface area contributed by atoms with Crippen molar-refractivity contribution in [1.29, 1.82) is 0 Å². The lowest BCUT2D eigenvalue weighted by atomic mass is 9.68. The van der Waals surface area contributed by atoms with E-state index in [1.54, 1.807) is 14.2 Å². The van der Waals surface area contributed by atoms with Gasteiger partial charge in [0.1, 0.15) is 0 Å². The Labute approximate surface area is 186 Å². The molecule has 29 heavy (non-hydrogen) atoms. The van der Waals surface area contributed by atoms with Crippen molar-refractivity contribution in [2.24, 2.45) is 4.99 Å². The first-order valence-electron chi connectivity index (χ1n) is 9.52. The Hall–Kier alpha value is -1.86. The minimum absolute atomic E-state index is 0.142. The molecule has 5 nitrogen and oxygen atoms in total. The molecular weight excluding hydrogens is 500 g/mol. The fourth-order valence-corrected chi connectivity index (χ4v) is 6.88. The van der Waals surface area contributed by atoms with Gasteiger partial charge in [0.25, 0.3) is 0 Å². The Morgan fingerprint density at radius 2 is 1.83 bits per heavy atom. The molecule has 3 aliphatic heterocycles. The number of hydrogen-bond acceptors (Lipinski definition) is 4. The predicted octanol–water partition coefficient (Wildman–Crippen LogP) is 5.10. The lowest BCUT2D eigenvalue weighted by molar-refractivity contribution is -0.129. The molecule has 1 fully saturated rings. The molecule has 7 heteroatoms. The van der Waals surface area contributed by atoms with Gasteiger partial charge in [0.2, 0.25) is 5.91 Å². The number of amides is 1. The zero-order valence-corrected chi connectivity index (χ0v) is 19.6. The van der Waals surface area contributed by atoms with E-state index in [-0.39, 0.29) is 11.9 Å². The summed E-state index contributed by atoms with van der Waals surface area (Å²) in [6.45, 7) is 2.73. The molecule has 2 aromatic rings. The predicted molar refractivity (Wildman–Crippen MR) is 119 cm³/mol. The van der Waals surface area contributed by atoms with Gasteiger partial charge in [0.05, 0.1) is 40.3 Å². The maximum Gasteiger partial charge on any atom is 0.224 e. The van der Waals surface area contributed by atoms with Crippen LogP contribution in [0.15, 0.2) is 38.2 Å². The van der Waals surface area contributed by atoms with Crippen molar-refractivity contribution in [2.75, 3.05) is 20.8 Å². The standard InChI is InChI=1S/C22H20Br2N2O3/c1-11-22(13-6-4-5-7-14(13)25-11)10-15(27)26-9-8-12-16(21(22)26)18(24)20(29-3)19(28-2)17(12)23/h4-7,21H,8-10H2,1-3H3/t21-,22-/m1/s1. The molecule has 0 unspecified atom stereocenters. The Bertz CT molecular complexity index is 1100. The fraction of sp³-hybridized carbons (Fsp3) is 0.364. The van der Waals surface area contributed by atoms with E-state index in [4.69, 9.17) is 14.5 Å². The van der Waals surface area contributed by atoms with Crippen LogP contribution in [0.1, 0.15) is 36.1 Å². The molecule has 2 atom stereocenters. The van der Waals surface area contributed by atoms with Gasteiger partial charge in [-0.2, -0.15) is 0 Å². The third-order valence-corrected chi connectivity index (χ3v) is 8.19. The van der Waals surface area contributed by atoms with Gasteiger partial charge in [0.15, 0.2) is 11.5 Å². The van der Waals surface area contributed by atoms with E-state index in [0.717, 1.165) is 43.5 Å². The lowest BCUT2D eigenvalue weighted by Crippen LogP contribution is -2.43. The number of carbonyl (C=O) groups is 1. The van der Waals surface area contributed by atoms with Gasteiger partial charge < -0.3 is 14.4 Å². The number of benzene rings is 2. The summed E-state index contributed by atoms with van der Waals surface area (Å²) >= 11 is 7.55. The Balaban J connectivity index is 1.84. The van der Waals surface area contributed by atoms with E-state index in [1.165, 1.54) is 0 Å². The Kier molecular flexibility index (Phi) is 4.33. The summed E-state index contributed by atoms with van der Waals surface area (Å²) in [7, 11) is 3.27. The smallest absolute Gasteiger partial charge is 0.224 e. The average Bonchev–Trinajstić information content (AvgIpc) is 3.18. The second-order valence-electron chi connectivity index (χ2n) is 7.69. The van der Waals surface area contributed by atoms with E-state index in [9.17, 15) is 4.79 Å². The summed E-state index contributed by atoms with van der Waals surface area (Å²) in [5.74, 6) is 1.47. The molecular formula is C22H20Br2N2O3. The van der Waals surface area contributed by atoms with Gasteiger partial charge in [0, 0.05) is 18.7 Å². The monoisotopic (exact) mass is 518 g/mol.